The van der Waals surface area contributed by atoms with Crippen molar-refractivity contribution in [1.29, 1.82) is 0 Å². The second-order valence-corrected chi connectivity index (χ2v) is 4.55. The summed E-state index contributed by atoms with van der Waals surface area (Å²) in [6.07, 6.45) is 3.50. The molecular formula is C13H8BrFN2O. The molecule has 3 rings (SSSR count). The van der Waals surface area contributed by atoms with Crippen molar-refractivity contribution in [1.82, 2.24) is 9.38 Å². The van der Waals surface area contributed by atoms with Crippen molar-refractivity contribution in [3.05, 3.63) is 59.1 Å². The smallest absolute Gasteiger partial charge is 0.205 e. The van der Waals surface area contributed by atoms with E-state index in [2.05, 4.69) is 20.9 Å². The van der Waals surface area contributed by atoms with E-state index in [1.54, 1.807) is 12.3 Å². The van der Waals surface area contributed by atoms with E-state index in [-0.39, 0.29) is 5.82 Å². The summed E-state index contributed by atoms with van der Waals surface area (Å²) in [4.78, 5) is 4.17. The zero-order chi connectivity index (χ0) is 12.5. The first kappa shape index (κ1) is 11.2. The SMILES string of the molecule is Fc1ccc(Oc2cccc3nccn23)c(Br)c1. The molecule has 0 spiro atoms. The molecule has 3 aromatic rings. The number of ether oxygens (including phenoxy) is 1. The molecule has 2 aromatic heterocycles. The minimum Gasteiger partial charge on any atom is -0.439 e. The van der Waals surface area contributed by atoms with Gasteiger partial charge in [-0.1, -0.05) is 6.07 Å². The number of hydrogen-bond acceptors (Lipinski definition) is 2. The van der Waals surface area contributed by atoms with Crippen LogP contribution in [0, 0.1) is 5.82 Å². The van der Waals surface area contributed by atoms with Gasteiger partial charge in [0, 0.05) is 12.4 Å². The molecule has 0 amide bonds. The Bertz CT molecular complexity index is 711. The molecule has 1 aromatic carbocycles. The maximum atomic E-state index is 13.0. The number of benzene rings is 1. The fraction of sp³-hybridized carbons (Fsp3) is 0. The van der Waals surface area contributed by atoms with E-state index < -0.39 is 0 Å². The Hall–Kier alpha value is -1.88. The van der Waals surface area contributed by atoms with E-state index in [0.29, 0.717) is 16.1 Å². The molecule has 0 fully saturated rings. The number of rotatable bonds is 2. The van der Waals surface area contributed by atoms with E-state index in [4.69, 9.17) is 4.74 Å². The molecule has 0 aliphatic rings. The van der Waals surface area contributed by atoms with Crippen molar-refractivity contribution in [2.45, 2.75) is 0 Å². The molecule has 0 N–H and O–H groups in total. The number of halogens is 2. The van der Waals surface area contributed by atoms with E-state index in [1.807, 2.05) is 28.8 Å². The highest BCUT2D eigenvalue weighted by atomic mass is 79.9. The molecule has 0 radical (unpaired) electrons. The maximum absolute atomic E-state index is 13.0. The molecule has 90 valence electrons. The number of hydrogen-bond donors (Lipinski definition) is 0. The zero-order valence-corrected chi connectivity index (χ0v) is 10.8. The van der Waals surface area contributed by atoms with E-state index >= 15 is 0 Å². The van der Waals surface area contributed by atoms with Gasteiger partial charge in [0.05, 0.1) is 4.47 Å². The van der Waals surface area contributed by atoms with Gasteiger partial charge in [-0.2, -0.15) is 0 Å². The molecule has 0 unspecified atom stereocenters. The molecule has 0 aliphatic carbocycles. The molecule has 0 saturated carbocycles. The Morgan fingerprint density at radius 2 is 2.11 bits per heavy atom. The normalized spacial score (nSPS) is 10.8. The lowest BCUT2D eigenvalue weighted by atomic mass is 10.3. The summed E-state index contributed by atoms with van der Waals surface area (Å²) in [7, 11) is 0. The van der Waals surface area contributed by atoms with Crippen LogP contribution in [0.2, 0.25) is 0 Å². The Morgan fingerprint density at radius 3 is 2.94 bits per heavy atom. The fourth-order valence-electron chi connectivity index (χ4n) is 1.68. The highest BCUT2D eigenvalue weighted by Gasteiger charge is 2.07. The highest BCUT2D eigenvalue weighted by molar-refractivity contribution is 9.10. The average molecular weight is 307 g/mol. The number of pyridine rings is 1. The minimum absolute atomic E-state index is 0.310. The molecule has 2 heterocycles. The standard InChI is InChI=1S/C13H8BrFN2O/c14-10-8-9(15)4-5-11(10)18-13-3-1-2-12-16-6-7-17(12)13/h1-8H. The van der Waals surface area contributed by atoms with Gasteiger partial charge < -0.3 is 4.74 Å². The monoisotopic (exact) mass is 306 g/mol. The third-order valence-electron chi connectivity index (χ3n) is 2.50. The van der Waals surface area contributed by atoms with E-state index in [0.717, 1.165) is 5.65 Å². The van der Waals surface area contributed by atoms with Crippen molar-refractivity contribution in [3.8, 4) is 11.6 Å². The molecule has 3 nitrogen and oxygen atoms in total. The molecule has 0 aliphatic heterocycles. The van der Waals surface area contributed by atoms with Crippen molar-refractivity contribution in [2.24, 2.45) is 0 Å². The van der Waals surface area contributed by atoms with Crippen molar-refractivity contribution >= 4 is 21.6 Å². The van der Waals surface area contributed by atoms with E-state index in [1.165, 1.54) is 12.1 Å². The highest BCUT2D eigenvalue weighted by Crippen LogP contribution is 2.30. The Balaban J connectivity index is 2.03. The van der Waals surface area contributed by atoms with Gasteiger partial charge >= 0.3 is 0 Å². The molecule has 18 heavy (non-hydrogen) atoms. The summed E-state index contributed by atoms with van der Waals surface area (Å²) >= 11 is 3.27. The van der Waals surface area contributed by atoms with Gasteiger partial charge in [-0.05, 0) is 46.3 Å². The number of fused-ring (bicyclic) bond motifs is 1. The van der Waals surface area contributed by atoms with Crippen molar-refractivity contribution in [3.63, 3.8) is 0 Å². The van der Waals surface area contributed by atoms with Gasteiger partial charge in [0.2, 0.25) is 5.88 Å². The van der Waals surface area contributed by atoms with Gasteiger partial charge in [0.25, 0.3) is 0 Å². The van der Waals surface area contributed by atoms with Crippen molar-refractivity contribution in [2.75, 3.05) is 0 Å². The van der Waals surface area contributed by atoms with Crippen LogP contribution in [0.4, 0.5) is 4.39 Å². The Morgan fingerprint density at radius 1 is 1.22 bits per heavy atom. The summed E-state index contributed by atoms with van der Waals surface area (Å²) in [5.41, 5.74) is 0.797. The maximum Gasteiger partial charge on any atom is 0.205 e. The van der Waals surface area contributed by atoms with Gasteiger partial charge in [-0.15, -0.1) is 0 Å². The summed E-state index contributed by atoms with van der Waals surface area (Å²) in [6, 6.07) is 9.86. The lowest BCUT2D eigenvalue weighted by Crippen LogP contribution is -1.93. The largest absolute Gasteiger partial charge is 0.439 e. The third-order valence-corrected chi connectivity index (χ3v) is 3.12. The lowest BCUT2D eigenvalue weighted by molar-refractivity contribution is 0.452. The summed E-state index contributed by atoms with van der Waals surface area (Å²) in [5, 5.41) is 0. The predicted molar refractivity (Wildman–Crippen MR) is 69.4 cm³/mol. The topological polar surface area (TPSA) is 26.5 Å². The Labute approximate surface area is 111 Å². The van der Waals surface area contributed by atoms with E-state index in [9.17, 15) is 4.39 Å². The number of imidazole rings is 1. The predicted octanol–water partition coefficient (Wildman–Crippen LogP) is 4.03. The lowest BCUT2D eigenvalue weighted by Gasteiger charge is -2.09. The van der Waals surface area contributed by atoms with Crippen LogP contribution in [0.3, 0.4) is 0 Å². The summed E-state index contributed by atoms with van der Waals surface area (Å²) < 4.78 is 21.1. The summed E-state index contributed by atoms with van der Waals surface area (Å²) in [5.74, 6) is 0.866. The summed E-state index contributed by atoms with van der Waals surface area (Å²) in [6.45, 7) is 0. The fourth-order valence-corrected chi connectivity index (χ4v) is 2.11. The van der Waals surface area contributed by atoms with Crippen LogP contribution in [-0.2, 0) is 0 Å². The number of aromatic nitrogens is 2. The first-order valence-electron chi connectivity index (χ1n) is 5.29. The Kier molecular flexibility index (Phi) is 2.76. The first-order chi connectivity index (χ1) is 8.74. The molecule has 0 atom stereocenters. The van der Waals surface area contributed by atoms with Gasteiger partial charge in [-0.3, -0.25) is 4.40 Å². The molecule has 0 saturated heterocycles. The van der Waals surface area contributed by atoms with Crippen LogP contribution in [0.1, 0.15) is 0 Å². The molecule has 5 heteroatoms. The number of nitrogens with zero attached hydrogens (tertiary/aromatic N) is 2. The van der Waals surface area contributed by atoms with Crippen LogP contribution < -0.4 is 4.74 Å². The molecule has 0 bridgehead atoms. The van der Waals surface area contributed by atoms with Crippen LogP contribution in [0.25, 0.3) is 5.65 Å². The van der Waals surface area contributed by atoms with Crippen LogP contribution >= 0.6 is 15.9 Å². The van der Waals surface area contributed by atoms with Gasteiger partial charge in [-0.25, -0.2) is 9.37 Å². The first-order valence-corrected chi connectivity index (χ1v) is 6.08. The van der Waals surface area contributed by atoms with Gasteiger partial charge in [0.1, 0.15) is 17.2 Å². The quantitative estimate of drug-likeness (QED) is 0.714. The zero-order valence-electron chi connectivity index (χ0n) is 9.18. The third kappa shape index (κ3) is 1.97. The average Bonchev–Trinajstić information content (AvgIpc) is 2.82. The van der Waals surface area contributed by atoms with Crippen LogP contribution in [-0.4, -0.2) is 9.38 Å². The van der Waals surface area contributed by atoms with Crippen LogP contribution in [0.15, 0.2) is 53.3 Å². The van der Waals surface area contributed by atoms with Crippen molar-refractivity contribution < 1.29 is 9.13 Å². The molecular weight excluding hydrogens is 299 g/mol. The minimum atomic E-state index is -0.310. The second-order valence-electron chi connectivity index (χ2n) is 3.70. The van der Waals surface area contributed by atoms with Gasteiger partial charge in [0.15, 0.2) is 0 Å². The second kappa shape index (κ2) is 4.42. The van der Waals surface area contributed by atoms with Crippen LogP contribution in [0.5, 0.6) is 11.6 Å².